The number of rotatable bonds is 5. The topological polar surface area (TPSA) is 53.0 Å². The van der Waals surface area contributed by atoms with Crippen LogP contribution >= 0.6 is 0 Å². The average Bonchev–Trinajstić information content (AvgIpc) is 2.28. The number of anilines is 1. The van der Waals surface area contributed by atoms with Crippen molar-refractivity contribution in [1.29, 1.82) is 5.26 Å². The van der Waals surface area contributed by atoms with Gasteiger partial charge in [0.25, 0.3) is 0 Å². The molecule has 1 aromatic rings. The van der Waals surface area contributed by atoms with Gasteiger partial charge >= 0.3 is 0 Å². The average molecular weight is 217 g/mol. The van der Waals surface area contributed by atoms with Gasteiger partial charge in [-0.25, -0.2) is 0 Å². The van der Waals surface area contributed by atoms with Crippen molar-refractivity contribution in [2.75, 3.05) is 18.8 Å². The predicted molar refractivity (Wildman–Crippen MR) is 66.6 cm³/mol. The Hall–Kier alpha value is -1.53. The Bertz CT molecular complexity index is 368. The van der Waals surface area contributed by atoms with Gasteiger partial charge in [0.1, 0.15) is 0 Å². The van der Waals surface area contributed by atoms with E-state index in [4.69, 9.17) is 11.0 Å². The minimum atomic E-state index is 0.0704. The number of hydrogen-bond acceptors (Lipinski definition) is 3. The lowest BCUT2D eigenvalue weighted by atomic mass is 10.1. The molecule has 0 bridgehead atoms. The van der Waals surface area contributed by atoms with E-state index in [0.717, 1.165) is 25.3 Å². The van der Waals surface area contributed by atoms with Crippen LogP contribution in [0.2, 0.25) is 0 Å². The fourth-order valence-electron chi connectivity index (χ4n) is 1.68. The summed E-state index contributed by atoms with van der Waals surface area (Å²) in [6.07, 6.45) is 0. The molecule has 0 saturated carbocycles. The molecule has 0 spiro atoms. The third kappa shape index (κ3) is 3.92. The van der Waals surface area contributed by atoms with E-state index in [1.54, 1.807) is 0 Å². The third-order valence-electron chi connectivity index (χ3n) is 2.56. The highest BCUT2D eigenvalue weighted by Crippen LogP contribution is 2.10. The molecule has 0 aliphatic rings. The molecule has 3 nitrogen and oxygen atoms in total. The van der Waals surface area contributed by atoms with E-state index in [2.05, 4.69) is 24.0 Å². The second kappa shape index (κ2) is 6.14. The smallest absolute Gasteiger partial charge is 0.0666 e. The van der Waals surface area contributed by atoms with Crippen molar-refractivity contribution < 1.29 is 0 Å². The zero-order chi connectivity index (χ0) is 12.0. The molecule has 0 amide bonds. The van der Waals surface area contributed by atoms with E-state index < -0.39 is 0 Å². The molecule has 0 heterocycles. The van der Waals surface area contributed by atoms with E-state index >= 15 is 0 Å². The van der Waals surface area contributed by atoms with Gasteiger partial charge in [0.05, 0.1) is 12.0 Å². The van der Waals surface area contributed by atoms with Crippen molar-refractivity contribution in [2.45, 2.75) is 20.4 Å². The highest BCUT2D eigenvalue weighted by atomic mass is 15.1. The van der Waals surface area contributed by atoms with Gasteiger partial charge in [-0.2, -0.15) is 5.26 Å². The molecule has 16 heavy (non-hydrogen) atoms. The van der Waals surface area contributed by atoms with Gasteiger partial charge in [0.15, 0.2) is 0 Å². The Morgan fingerprint density at radius 1 is 1.50 bits per heavy atom. The first-order chi connectivity index (χ1) is 7.65. The Balaban J connectivity index is 2.60. The molecular formula is C13H19N3. The molecule has 1 rings (SSSR count). The molecule has 1 atom stereocenters. The van der Waals surface area contributed by atoms with Gasteiger partial charge in [0, 0.05) is 18.8 Å². The van der Waals surface area contributed by atoms with E-state index in [0.29, 0.717) is 0 Å². The molecule has 86 valence electrons. The Kier molecular flexibility index (Phi) is 4.81. The summed E-state index contributed by atoms with van der Waals surface area (Å²) in [5.41, 5.74) is 7.73. The largest absolute Gasteiger partial charge is 0.399 e. The summed E-state index contributed by atoms with van der Waals surface area (Å²) in [6, 6.07) is 10.2. The van der Waals surface area contributed by atoms with Crippen LogP contribution in [0.15, 0.2) is 24.3 Å². The van der Waals surface area contributed by atoms with Crippen molar-refractivity contribution in [1.82, 2.24) is 4.90 Å². The van der Waals surface area contributed by atoms with Crippen LogP contribution in [0, 0.1) is 17.2 Å². The number of hydrogen-bond donors (Lipinski definition) is 1. The molecule has 2 N–H and O–H groups in total. The molecule has 1 aromatic carbocycles. The van der Waals surface area contributed by atoms with Crippen molar-refractivity contribution in [3.8, 4) is 6.07 Å². The molecule has 0 saturated heterocycles. The molecular weight excluding hydrogens is 198 g/mol. The summed E-state index contributed by atoms with van der Waals surface area (Å²) in [4.78, 5) is 2.25. The van der Waals surface area contributed by atoms with Gasteiger partial charge in [-0.15, -0.1) is 0 Å². The SMILES string of the molecule is CCN(Cc1cccc(N)c1)CC(C)C#N. The first-order valence-corrected chi connectivity index (χ1v) is 5.62. The lowest BCUT2D eigenvalue weighted by Crippen LogP contribution is -2.27. The van der Waals surface area contributed by atoms with Crippen LogP contribution in [0.25, 0.3) is 0 Å². The Morgan fingerprint density at radius 3 is 2.81 bits per heavy atom. The number of nitriles is 1. The number of benzene rings is 1. The van der Waals surface area contributed by atoms with E-state index in [1.165, 1.54) is 5.56 Å². The predicted octanol–water partition coefficient (Wildman–Crippen LogP) is 2.25. The standard InChI is InChI=1S/C13H19N3/c1-3-16(9-11(2)8-14)10-12-5-4-6-13(15)7-12/h4-7,11H,3,9-10,15H2,1-2H3. The van der Waals surface area contributed by atoms with Gasteiger partial charge in [0.2, 0.25) is 0 Å². The molecule has 0 fully saturated rings. The summed E-state index contributed by atoms with van der Waals surface area (Å²) in [5, 5.41) is 8.79. The number of nitrogen functional groups attached to an aromatic ring is 1. The first kappa shape index (κ1) is 12.5. The molecule has 0 aliphatic heterocycles. The zero-order valence-electron chi connectivity index (χ0n) is 9.98. The fourth-order valence-corrected chi connectivity index (χ4v) is 1.68. The summed E-state index contributed by atoms with van der Waals surface area (Å²) in [6.45, 7) is 6.66. The second-order valence-electron chi connectivity index (χ2n) is 4.10. The number of nitrogens with two attached hydrogens (primary N) is 1. The molecule has 0 radical (unpaired) electrons. The van der Waals surface area contributed by atoms with Crippen LogP contribution in [-0.4, -0.2) is 18.0 Å². The highest BCUT2D eigenvalue weighted by molar-refractivity contribution is 5.40. The molecule has 1 unspecified atom stereocenters. The van der Waals surface area contributed by atoms with Crippen molar-refractivity contribution in [2.24, 2.45) is 5.92 Å². The van der Waals surface area contributed by atoms with Gasteiger partial charge in [-0.3, -0.25) is 4.90 Å². The van der Waals surface area contributed by atoms with Crippen molar-refractivity contribution in [3.63, 3.8) is 0 Å². The zero-order valence-corrected chi connectivity index (χ0v) is 9.98. The maximum atomic E-state index is 8.79. The first-order valence-electron chi connectivity index (χ1n) is 5.62. The summed E-state index contributed by atoms with van der Waals surface area (Å²) in [5.74, 6) is 0.0704. The Morgan fingerprint density at radius 2 is 2.25 bits per heavy atom. The van der Waals surface area contributed by atoms with Crippen molar-refractivity contribution in [3.05, 3.63) is 29.8 Å². The Labute approximate surface area is 97.5 Å². The quantitative estimate of drug-likeness (QED) is 0.770. The maximum Gasteiger partial charge on any atom is 0.0666 e. The van der Waals surface area contributed by atoms with Crippen LogP contribution in [-0.2, 0) is 6.54 Å². The highest BCUT2D eigenvalue weighted by Gasteiger charge is 2.08. The molecule has 0 aliphatic carbocycles. The van der Waals surface area contributed by atoms with Gasteiger partial charge in [-0.05, 0) is 31.2 Å². The normalized spacial score (nSPS) is 12.4. The van der Waals surface area contributed by atoms with E-state index in [9.17, 15) is 0 Å². The van der Waals surface area contributed by atoms with E-state index in [-0.39, 0.29) is 5.92 Å². The fraction of sp³-hybridized carbons (Fsp3) is 0.462. The molecule has 0 aromatic heterocycles. The second-order valence-corrected chi connectivity index (χ2v) is 4.10. The van der Waals surface area contributed by atoms with Crippen molar-refractivity contribution >= 4 is 5.69 Å². The minimum absolute atomic E-state index is 0.0704. The third-order valence-corrected chi connectivity index (χ3v) is 2.56. The van der Waals surface area contributed by atoms with Gasteiger partial charge < -0.3 is 5.73 Å². The summed E-state index contributed by atoms with van der Waals surface area (Å²) in [7, 11) is 0. The van der Waals surface area contributed by atoms with Crippen LogP contribution in [0.4, 0.5) is 5.69 Å². The van der Waals surface area contributed by atoms with Crippen LogP contribution < -0.4 is 5.73 Å². The monoisotopic (exact) mass is 217 g/mol. The summed E-state index contributed by atoms with van der Waals surface area (Å²) < 4.78 is 0. The van der Waals surface area contributed by atoms with E-state index in [1.807, 2.05) is 25.1 Å². The molecule has 3 heteroatoms. The lowest BCUT2D eigenvalue weighted by molar-refractivity contribution is 0.260. The van der Waals surface area contributed by atoms with Gasteiger partial charge in [-0.1, -0.05) is 19.1 Å². The van der Waals surface area contributed by atoms with Crippen LogP contribution in [0.3, 0.4) is 0 Å². The maximum absolute atomic E-state index is 8.79. The van der Waals surface area contributed by atoms with Crippen LogP contribution in [0.5, 0.6) is 0 Å². The summed E-state index contributed by atoms with van der Waals surface area (Å²) >= 11 is 0. The van der Waals surface area contributed by atoms with Crippen LogP contribution in [0.1, 0.15) is 19.4 Å². The minimum Gasteiger partial charge on any atom is -0.399 e. The number of nitrogens with zero attached hydrogens (tertiary/aromatic N) is 2. The lowest BCUT2D eigenvalue weighted by Gasteiger charge is -2.21.